The third-order valence-corrected chi connectivity index (χ3v) is 7.30. The van der Waals surface area contributed by atoms with Gasteiger partial charge in [-0.3, -0.25) is 10.1 Å². The van der Waals surface area contributed by atoms with Crippen LogP contribution in [0, 0.1) is 0 Å². The number of nitrogens with zero attached hydrogens (tertiary/aromatic N) is 1. The van der Waals surface area contributed by atoms with Gasteiger partial charge in [0, 0.05) is 18.6 Å². The van der Waals surface area contributed by atoms with Crippen LogP contribution in [0.1, 0.15) is 25.8 Å². The third-order valence-electron chi connectivity index (χ3n) is 5.40. The number of carbonyl (C=O) groups is 1. The second-order valence-electron chi connectivity index (χ2n) is 8.09. The van der Waals surface area contributed by atoms with Gasteiger partial charge in [-0.15, -0.1) is 0 Å². The molecule has 0 aliphatic carbocycles. The largest absolute Gasteiger partial charge is 0.416 e. The molecule has 168 valence electrons. The average Bonchev–Trinajstić information content (AvgIpc) is 2.94. The van der Waals surface area contributed by atoms with E-state index >= 15 is 0 Å². The van der Waals surface area contributed by atoms with Gasteiger partial charge < -0.3 is 15.0 Å². The maximum absolute atomic E-state index is 13.2. The average molecular weight is 449 g/mol. The van der Waals surface area contributed by atoms with Crippen LogP contribution in [0.5, 0.6) is 0 Å². The maximum Gasteiger partial charge on any atom is 0.416 e. The fraction of sp³-hybridized carbons (Fsp3) is 0.632. The lowest BCUT2D eigenvalue weighted by Gasteiger charge is -2.32. The molecular weight excluding hydrogens is 423 g/mol. The van der Waals surface area contributed by atoms with Crippen LogP contribution in [-0.4, -0.2) is 63.7 Å². The molecular formula is C19H26F3N3O4S. The molecule has 0 saturated carbocycles. The Bertz CT molecular complexity index is 901. The molecule has 2 unspecified atom stereocenters. The smallest absolute Gasteiger partial charge is 0.378 e. The summed E-state index contributed by atoms with van der Waals surface area (Å²) in [6, 6.07) is 2.48. The number of alkyl halides is 3. The predicted molar refractivity (Wildman–Crippen MR) is 107 cm³/mol. The molecule has 3 rings (SSSR count). The topological polar surface area (TPSA) is 87.7 Å². The van der Waals surface area contributed by atoms with Gasteiger partial charge in [-0.2, -0.15) is 13.2 Å². The highest BCUT2D eigenvalue weighted by molar-refractivity contribution is 7.91. The molecule has 2 N–H and O–H groups in total. The van der Waals surface area contributed by atoms with Gasteiger partial charge in [0.1, 0.15) is 0 Å². The zero-order valence-corrected chi connectivity index (χ0v) is 17.7. The Kier molecular flexibility index (Phi) is 6.35. The monoisotopic (exact) mass is 449 g/mol. The van der Waals surface area contributed by atoms with E-state index in [9.17, 15) is 26.4 Å². The molecule has 7 nitrogen and oxygen atoms in total. The standard InChI is InChI=1S/C19H26F3N3O4S/c1-13(24-18(2)5-10-30(27,28)12-18)17(26)23-15-11-14(19(20,21)22)3-4-16(15)25-6-8-29-9-7-25/h3-4,11,13,24H,5-10,12H2,1-2H3,(H,23,26). The summed E-state index contributed by atoms with van der Waals surface area (Å²) in [6.45, 7) is 5.17. The van der Waals surface area contributed by atoms with Crippen molar-refractivity contribution in [3.05, 3.63) is 23.8 Å². The van der Waals surface area contributed by atoms with Crippen molar-refractivity contribution in [3.8, 4) is 0 Å². The van der Waals surface area contributed by atoms with Crippen LogP contribution in [0.2, 0.25) is 0 Å². The lowest BCUT2D eigenvalue weighted by Crippen LogP contribution is -2.52. The molecule has 0 spiro atoms. The quantitative estimate of drug-likeness (QED) is 0.716. The molecule has 1 amide bonds. The van der Waals surface area contributed by atoms with Crippen LogP contribution in [0.4, 0.5) is 24.5 Å². The molecule has 0 aromatic heterocycles. The Morgan fingerprint density at radius 3 is 2.50 bits per heavy atom. The minimum absolute atomic E-state index is 0.0413. The number of halogens is 3. The Hall–Kier alpha value is -1.85. The van der Waals surface area contributed by atoms with E-state index in [0.29, 0.717) is 38.4 Å². The van der Waals surface area contributed by atoms with Gasteiger partial charge in [0.05, 0.1) is 47.7 Å². The summed E-state index contributed by atoms with van der Waals surface area (Å²) >= 11 is 0. The SMILES string of the molecule is CC(NC1(C)CCS(=O)(=O)C1)C(=O)Nc1cc(C(F)(F)F)ccc1N1CCOCC1. The number of sulfone groups is 1. The van der Waals surface area contributed by atoms with Gasteiger partial charge in [0.25, 0.3) is 0 Å². The Balaban J connectivity index is 1.80. The van der Waals surface area contributed by atoms with Crippen molar-refractivity contribution < 1.29 is 31.1 Å². The van der Waals surface area contributed by atoms with Gasteiger partial charge >= 0.3 is 6.18 Å². The summed E-state index contributed by atoms with van der Waals surface area (Å²) in [5.41, 5.74) is -1.06. The summed E-state index contributed by atoms with van der Waals surface area (Å²) in [7, 11) is -3.17. The fourth-order valence-electron chi connectivity index (χ4n) is 3.85. The first-order valence-electron chi connectivity index (χ1n) is 9.72. The first kappa shape index (κ1) is 22.8. The molecule has 2 fully saturated rings. The highest BCUT2D eigenvalue weighted by Gasteiger charge is 2.40. The first-order chi connectivity index (χ1) is 13.9. The molecule has 0 radical (unpaired) electrons. The molecule has 11 heteroatoms. The van der Waals surface area contributed by atoms with Crippen molar-refractivity contribution in [1.29, 1.82) is 0 Å². The van der Waals surface area contributed by atoms with E-state index in [1.54, 1.807) is 13.8 Å². The van der Waals surface area contributed by atoms with Crippen LogP contribution in [-0.2, 0) is 25.5 Å². The lowest BCUT2D eigenvalue weighted by molar-refractivity contribution is -0.137. The number of hydrogen-bond donors (Lipinski definition) is 2. The fourth-order valence-corrected chi connectivity index (χ4v) is 5.95. The van der Waals surface area contributed by atoms with Gasteiger partial charge in [0.15, 0.2) is 9.84 Å². The van der Waals surface area contributed by atoms with E-state index in [1.807, 2.05) is 4.90 Å². The number of benzene rings is 1. The van der Waals surface area contributed by atoms with Crippen molar-refractivity contribution in [1.82, 2.24) is 5.32 Å². The van der Waals surface area contributed by atoms with Crippen molar-refractivity contribution >= 4 is 27.1 Å². The maximum atomic E-state index is 13.2. The molecule has 2 heterocycles. The number of ether oxygens (including phenoxy) is 1. The molecule has 30 heavy (non-hydrogen) atoms. The van der Waals surface area contributed by atoms with E-state index in [0.717, 1.165) is 12.1 Å². The first-order valence-corrected chi connectivity index (χ1v) is 11.5. The van der Waals surface area contributed by atoms with Crippen LogP contribution < -0.4 is 15.5 Å². The molecule has 2 aliphatic heterocycles. The van der Waals surface area contributed by atoms with E-state index < -0.39 is 39.1 Å². The van der Waals surface area contributed by atoms with Crippen molar-refractivity contribution in [2.45, 2.75) is 38.0 Å². The number of morpholine rings is 1. The molecule has 1 aromatic rings. The van der Waals surface area contributed by atoms with Gasteiger partial charge in [-0.25, -0.2) is 8.42 Å². The molecule has 1 aromatic carbocycles. The second-order valence-corrected chi connectivity index (χ2v) is 10.3. The van der Waals surface area contributed by atoms with Crippen LogP contribution in [0.3, 0.4) is 0 Å². The lowest BCUT2D eigenvalue weighted by atomic mass is 10.0. The van der Waals surface area contributed by atoms with Crippen molar-refractivity contribution in [2.24, 2.45) is 0 Å². The van der Waals surface area contributed by atoms with Crippen molar-refractivity contribution in [2.75, 3.05) is 48.0 Å². The van der Waals surface area contributed by atoms with Gasteiger partial charge in [-0.1, -0.05) is 0 Å². The second kappa shape index (κ2) is 8.35. The Labute approximate surface area is 173 Å². The summed E-state index contributed by atoms with van der Waals surface area (Å²) in [5, 5.41) is 5.63. The highest BCUT2D eigenvalue weighted by Crippen LogP contribution is 2.36. The minimum atomic E-state index is -4.54. The van der Waals surface area contributed by atoms with E-state index in [1.165, 1.54) is 6.07 Å². The summed E-state index contributed by atoms with van der Waals surface area (Å²) in [5.74, 6) is -0.575. The summed E-state index contributed by atoms with van der Waals surface area (Å²) in [6.07, 6.45) is -4.17. The third kappa shape index (κ3) is 5.44. The van der Waals surface area contributed by atoms with E-state index in [2.05, 4.69) is 10.6 Å². The molecule has 2 saturated heterocycles. The van der Waals surface area contributed by atoms with E-state index in [-0.39, 0.29) is 17.2 Å². The number of amides is 1. The highest BCUT2D eigenvalue weighted by atomic mass is 32.2. The normalized spacial score (nSPS) is 25.2. The number of nitrogens with one attached hydrogen (secondary N) is 2. The number of anilines is 2. The zero-order valence-electron chi connectivity index (χ0n) is 16.9. The molecule has 2 atom stereocenters. The summed E-state index contributed by atoms with van der Waals surface area (Å²) < 4.78 is 68.5. The van der Waals surface area contributed by atoms with Crippen LogP contribution in [0.25, 0.3) is 0 Å². The number of hydrogen-bond acceptors (Lipinski definition) is 6. The zero-order chi connectivity index (χ0) is 22.2. The predicted octanol–water partition coefficient (Wildman–Crippen LogP) is 2.04. The summed E-state index contributed by atoms with van der Waals surface area (Å²) in [4.78, 5) is 14.6. The van der Waals surface area contributed by atoms with Crippen LogP contribution >= 0.6 is 0 Å². The molecule has 2 aliphatic rings. The number of carbonyl (C=O) groups excluding carboxylic acids is 1. The van der Waals surface area contributed by atoms with E-state index in [4.69, 9.17) is 4.74 Å². The molecule has 0 bridgehead atoms. The van der Waals surface area contributed by atoms with Crippen LogP contribution in [0.15, 0.2) is 18.2 Å². The van der Waals surface area contributed by atoms with Gasteiger partial charge in [0.2, 0.25) is 5.91 Å². The Morgan fingerprint density at radius 1 is 1.27 bits per heavy atom. The van der Waals surface area contributed by atoms with Crippen molar-refractivity contribution in [3.63, 3.8) is 0 Å². The minimum Gasteiger partial charge on any atom is -0.378 e. The van der Waals surface area contributed by atoms with Gasteiger partial charge in [-0.05, 0) is 38.5 Å². The number of rotatable bonds is 5. The Morgan fingerprint density at radius 2 is 1.93 bits per heavy atom.